The molecule has 7 heteroatoms. The van der Waals surface area contributed by atoms with Crippen LogP contribution < -0.4 is 5.73 Å². The van der Waals surface area contributed by atoms with Crippen molar-refractivity contribution in [2.45, 2.75) is 5.54 Å². The standard InChI is InChI=1S/C21H17FN2O2.CH2O2/c22-18-9-7-16(8-10-18)21(13-26-20(23)24-21)17-5-1-3-14(11-17)15-4-2-6-19(25)12-15;2-1-3/h1-12,25H,13H2,(H2,23,24);1H,(H,2,3). The molecule has 0 radical (unpaired) electrons. The number of nitrogens with zero attached hydrogens (tertiary/aromatic N) is 1. The second-order valence-corrected chi connectivity index (χ2v) is 6.34. The van der Waals surface area contributed by atoms with Gasteiger partial charge in [0.05, 0.1) is 0 Å². The molecule has 0 bridgehead atoms. The Morgan fingerprint density at radius 1 is 1.00 bits per heavy atom. The minimum atomic E-state index is -0.829. The summed E-state index contributed by atoms with van der Waals surface area (Å²) in [6, 6.07) is 21.2. The van der Waals surface area contributed by atoms with E-state index in [-0.39, 0.29) is 30.7 Å². The van der Waals surface area contributed by atoms with Crippen LogP contribution in [-0.2, 0) is 15.1 Å². The average molecular weight is 394 g/mol. The number of aromatic hydroxyl groups is 1. The summed E-state index contributed by atoms with van der Waals surface area (Å²) in [6.07, 6.45) is 0. The van der Waals surface area contributed by atoms with E-state index in [1.165, 1.54) is 12.1 Å². The number of phenols is 1. The fourth-order valence-electron chi connectivity index (χ4n) is 3.26. The van der Waals surface area contributed by atoms with Crippen LogP contribution in [-0.4, -0.2) is 29.3 Å². The minimum Gasteiger partial charge on any atom is -0.508 e. The molecule has 3 aromatic carbocycles. The van der Waals surface area contributed by atoms with Crippen molar-refractivity contribution in [2.75, 3.05) is 6.61 Å². The highest BCUT2D eigenvalue weighted by atomic mass is 19.1. The van der Waals surface area contributed by atoms with E-state index in [9.17, 15) is 9.50 Å². The maximum Gasteiger partial charge on any atom is 0.290 e. The second-order valence-electron chi connectivity index (χ2n) is 6.34. The van der Waals surface area contributed by atoms with E-state index in [1.54, 1.807) is 30.3 Å². The Hall–Kier alpha value is -3.87. The van der Waals surface area contributed by atoms with Gasteiger partial charge in [0.2, 0.25) is 0 Å². The molecule has 1 unspecified atom stereocenters. The van der Waals surface area contributed by atoms with Crippen molar-refractivity contribution in [3.8, 4) is 16.9 Å². The van der Waals surface area contributed by atoms with Gasteiger partial charge in [-0.25, -0.2) is 9.38 Å². The van der Waals surface area contributed by atoms with E-state index >= 15 is 0 Å². The Morgan fingerprint density at radius 2 is 1.62 bits per heavy atom. The molecule has 1 aliphatic rings. The summed E-state index contributed by atoms with van der Waals surface area (Å²) in [5.41, 5.74) is 8.47. The Balaban J connectivity index is 0.000000755. The zero-order chi connectivity index (χ0) is 20.9. The van der Waals surface area contributed by atoms with E-state index < -0.39 is 5.54 Å². The first-order chi connectivity index (χ1) is 14.0. The molecule has 0 saturated heterocycles. The van der Waals surface area contributed by atoms with Crippen LogP contribution in [0.3, 0.4) is 0 Å². The molecule has 0 aliphatic carbocycles. The lowest BCUT2D eigenvalue weighted by molar-refractivity contribution is -0.122. The third-order valence-corrected chi connectivity index (χ3v) is 4.57. The first-order valence-electron chi connectivity index (χ1n) is 8.70. The average Bonchev–Trinajstić information content (AvgIpc) is 3.12. The number of amidine groups is 1. The van der Waals surface area contributed by atoms with Gasteiger partial charge in [0.25, 0.3) is 12.5 Å². The molecule has 4 rings (SSSR count). The van der Waals surface area contributed by atoms with Crippen LogP contribution in [0.2, 0.25) is 0 Å². The zero-order valence-electron chi connectivity index (χ0n) is 15.3. The van der Waals surface area contributed by atoms with Crippen molar-refractivity contribution >= 4 is 12.5 Å². The van der Waals surface area contributed by atoms with Crippen LogP contribution in [0.1, 0.15) is 11.1 Å². The maximum absolute atomic E-state index is 13.4. The first kappa shape index (κ1) is 19.9. The third kappa shape index (κ3) is 4.19. The van der Waals surface area contributed by atoms with Crippen molar-refractivity contribution in [1.29, 1.82) is 0 Å². The van der Waals surface area contributed by atoms with Gasteiger partial charge in [0.1, 0.15) is 18.2 Å². The number of halogens is 1. The highest BCUT2D eigenvalue weighted by Crippen LogP contribution is 2.39. The van der Waals surface area contributed by atoms with Crippen molar-refractivity contribution < 1.29 is 24.1 Å². The summed E-state index contributed by atoms with van der Waals surface area (Å²) in [4.78, 5) is 12.9. The van der Waals surface area contributed by atoms with Gasteiger partial charge in [-0.05, 0) is 52.6 Å². The molecule has 0 fully saturated rings. The zero-order valence-corrected chi connectivity index (χ0v) is 15.3. The number of aliphatic imine (C=N–C) groups is 1. The lowest BCUT2D eigenvalue weighted by atomic mass is 9.83. The molecule has 3 aromatic rings. The Labute approximate surface area is 166 Å². The lowest BCUT2D eigenvalue weighted by Gasteiger charge is -2.25. The highest BCUT2D eigenvalue weighted by molar-refractivity contribution is 5.76. The van der Waals surface area contributed by atoms with Gasteiger partial charge < -0.3 is 20.7 Å². The molecule has 1 aliphatic heterocycles. The second kappa shape index (κ2) is 8.43. The fraction of sp³-hybridized carbons (Fsp3) is 0.0909. The van der Waals surface area contributed by atoms with Crippen LogP contribution in [0.4, 0.5) is 4.39 Å². The molecule has 0 spiro atoms. The summed E-state index contributed by atoms with van der Waals surface area (Å²) in [7, 11) is 0. The number of carbonyl (C=O) groups is 1. The molecule has 0 aromatic heterocycles. The fourth-order valence-corrected chi connectivity index (χ4v) is 3.26. The van der Waals surface area contributed by atoms with E-state index in [1.807, 2.05) is 30.3 Å². The van der Waals surface area contributed by atoms with Gasteiger partial charge in [-0.1, -0.05) is 42.5 Å². The molecular formula is C22H19FN2O4. The van der Waals surface area contributed by atoms with Crippen LogP contribution in [0.5, 0.6) is 5.75 Å². The number of phenolic OH excluding ortho intramolecular Hbond substituents is 1. The van der Waals surface area contributed by atoms with Gasteiger partial charge in [-0.15, -0.1) is 0 Å². The van der Waals surface area contributed by atoms with Gasteiger partial charge >= 0.3 is 0 Å². The van der Waals surface area contributed by atoms with Gasteiger partial charge in [0.15, 0.2) is 5.54 Å². The van der Waals surface area contributed by atoms with Crippen molar-refractivity contribution in [3.05, 3.63) is 89.7 Å². The van der Waals surface area contributed by atoms with Crippen LogP contribution in [0, 0.1) is 5.82 Å². The van der Waals surface area contributed by atoms with Crippen molar-refractivity contribution in [1.82, 2.24) is 0 Å². The quantitative estimate of drug-likeness (QED) is 0.590. The Kier molecular flexibility index (Phi) is 5.78. The number of rotatable bonds is 3. The smallest absolute Gasteiger partial charge is 0.290 e. The molecule has 6 nitrogen and oxygen atoms in total. The number of hydrogen-bond acceptors (Lipinski definition) is 5. The third-order valence-electron chi connectivity index (χ3n) is 4.57. The van der Waals surface area contributed by atoms with Gasteiger partial charge in [0, 0.05) is 0 Å². The highest BCUT2D eigenvalue weighted by Gasteiger charge is 2.40. The molecule has 1 atom stereocenters. The topological polar surface area (TPSA) is 105 Å². The minimum absolute atomic E-state index is 0.108. The largest absolute Gasteiger partial charge is 0.508 e. The number of nitrogens with two attached hydrogens (primary N) is 1. The van der Waals surface area contributed by atoms with Crippen LogP contribution >= 0.6 is 0 Å². The summed E-state index contributed by atoms with van der Waals surface area (Å²) in [5.74, 6) is -0.110. The molecule has 148 valence electrons. The summed E-state index contributed by atoms with van der Waals surface area (Å²) in [6.45, 7) is -0.00599. The number of benzene rings is 3. The summed E-state index contributed by atoms with van der Waals surface area (Å²) in [5, 5.41) is 16.6. The number of ether oxygens (including phenoxy) is 1. The SMILES string of the molecule is NC1=NC(c2ccc(F)cc2)(c2cccc(-c3cccc(O)c3)c2)CO1.O=CO. The van der Waals surface area contributed by atoms with Crippen molar-refractivity contribution in [3.63, 3.8) is 0 Å². The van der Waals surface area contributed by atoms with Crippen LogP contribution in [0.15, 0.2) is 77.8 Å². The van der Waals surface area contributed by atoms with Crippen LogP contribution in [0.25, 0.3) is 11.1 Å². The first-order valence-corrected chi connectivity index (χ1v) is 8.70. The predicted molar refractivity (Wildman–Crippen MR) is 107 cm³/mol. The lowest BCUT2D eigenvalue weighted by Crippen LogP contribution is -2.27. The molecule has 1 heterocycles. The predicted octanol–water partition coefficient (Wildman–Crippen LogP) is 3.49. The maximum atomic E-state index is 13.4. The summed E-state index contributed by atoms with van der Waals surface area (Å²) < 4.78 is 18.9. The molecule has 0 saturated carbocycles. The van der Waals surface area contributed by atoms with E-state index in [2.05, 4.69) is 4.99 Å². The van der Waals surface area contributed by atoms with Gasteiger partial charge in [-0.3, -0.25) is 4.79 Å². The van der Waals surface area contributed by atoms with E-state index in [4.69, 9.17) is 20.4 Å². The number of carboxylic acid groups (broad SMARTS) is 1. The monoisotopic (exact) mass is 394 g/mol. The van der Waals surface area contributed by atoms with Crippen molar-refractivity contribution in [2.24, 2.45) is 10.7 Å². The molecule has 0 amide bonds. The van der Waals surface area contributed by atoms with E-state index in [0.29, 0.717) is 0 Å². The normalized spacial score (nSPS) is 17.5. The molecular weight excluding hydrogens is 375 g/mol. The number of hydrogen-bond donors (Lipinski definition) is 3. The Bertz CT molecular complexity index is 1040. The molecule has 4 N–H and O–H groups in total. The summed E-state index contributed by atoms with van der Waals surface area (Å²) >= 11 is 0. The van der Waals surface area contributed by atoms with Gasteiger partial charge in [-0.2, -0.15) is 0 Å². The molecule has 29 heavy (non-hydrogen) atoms. The Morgan fingerprint density at radius 3 is 2.21 bits per heavy atom. The van der Waals surface area contributed by atoms with E-state index in [0.717, 1.165) is 22.3 Å².